The number of aliphatic carboxylic acids is 1. The van der Waals surface area contributed by atoms with Gasteiger partial charge >= 0.3 is 5.97 Å². The quantitative estimate of drug-likeness (QED) is 0.394. The fourth-order valence-electron chi connectivity index (χ4n) is 0.486. The van der Waals surface area contributed by atoms with Crippen molar-refractivity contribution >= 4 is 11.9 Å². The van der Waals surface area contributed by atoms with Crippen molar-refractivity contribution in [3.63, 3.8) is 0 Å². The lowest BCUT2D eigenvalue weighted by molar-refractivity contribution is -0.141. The topological polar surface area (TPSA) is 107 Å². The molecular weight excluding hydrogens is 166 g/mol. The predicted molar refractivity (Wildman–Crippen MR) is 38.3 cm³/mol. The molecule has 0 rings (SSSR count). The maximum absolute atomic E-state index is 10.7. The van der Waals surface area contributed by atoms with Crippen LogP contribution in [-0.4, -0.2) is 45.9 Å². The molecule has 70 valence electrons. The molecule has 0 saturated carbocycles. The Balaban J connectivity index is 3.80. The van der Waals surface area contributed by atoms with Crippen molar-refractivity contribution in [1.82, 2.24) is 5.32 Å². The van der Waals surface area contributed by atoms with Crippen molar-refractivity contribution in [2.24, 2.45) is 0 Å². The molecule has 4 N–H and O–H groups in total. The van der Waals surface area contributed by atoms with Crippen LogP contribution < -0.4 is 5.32 Å². The maximum Gasteiger partial charge on any atom is 0.322 e. The highest BCUT2D eigenvalue weighted by atomic mass is 16.4. The van der Waals surface area contributed by atoms with Gasteiger partial charge in [0.05, 0.1) is 6.10 Å². The third-order valence-corrected chi connectivity index (χ3v) is 1.14. The van der Waals surface area contributed by atoms with E-state index < -0.39 is 30.6 Å². The van der Waals surface area contributed by atoms with Gasteiger partial charge in [0, 0.05) is 0 Å². The molecule has 1 unspecified atom stereocenters. The monoisotopic (exact) mass is 177 g/mol. The molecule has 0 radical (unpaired) electrons. The second-order valence-corrected chi connectivity index (χ2v) is 2.30. The molecule has 0 aliphatic rings. The molecule has 0 spiro atoms. The van der Waals surface area contributed by atoms with Crippen molar-refractivity contribution in [2.45, 2.75) is 19.1 Å². The van der Waals surface area contributed by atoms with Crippen LogP contribution in [-0.2, 0) is 9.59 Å². The average Bonchev–Trinajstić information content (AvgIpc) is 1.98. The van der Waals surface area contributed by atoms with E-state index in [4.69, 9.17) is 15.3 Å². The lowest BCUT2D eigenvalue weighted by Crippen LogP contribution is -2.42. The zero-order chi connectivity index (χ0) is 9.72. The molecule has 0 aromatic rings. The third-order valence-electron chi connectivity index (χ3n) is 1.14. The van der Waals surface area contributed by atoms with Gasteiger partial charge in [-0.15, -0.1) is 0 Å². The van der Waals surface area contributed by atoms with Crippen LogP contribution in [0, 0.1) is 0 Å². The Kier molecular flexibility index (Phi) is 4.24. The van der Waals surface area contributed by atoms with Crippen LogP contribution in [0.4, 0.5) is 0 Å². The molecule has 6 nitrogen and oxygen atoms in total. The first-order valence-corrected chi connectivity index (χ1v) is 3.30. The van der Waals surface area contributed by atoms with Crippen LogP contribution in [0.1, 0.15) is 6.92 Å². The number of carboxylic acid groups (broad SMARTS) is 1. The minimum Gasteiger partial charge on any atom is -0.480 e. The number of hydrogen-bond donors (Lipinski definition) is 4. The fourth-order valence-corrected chi connectivity index (χ4v) is 0.486. The number of aliphatic hydroxyl groups is 2. The molecule has 0 aromatic heterocycles. The van der Waals surface area contributed by atoms with Crippen molar-refractivity contribution in [3.05, 3.63) is 0 Å². The summed E-state index contributed by atoms with van der Waals surface area (Å²) in [5.74, 6) is -2.10. The second-order valence-electron chi connectivity index (χ2n) is 2.30. The number of rotatable bonds is 4. The van der Waals surface area contributed by atoms with E-state index in [1.54, 1.807) is 0 Å². The van der Waals surface area contributed by atoms with E-state index in [0.717, 1.165) is 0 Å². The zero-order valence-corrected chi connectivity index (χ0v) is 6.52. The molecule has 1 amide bonds. The molecule has 0 bridgehead atoms. The maximum atomic E-state index is 10.7. The van der Waals surface area contributed by atoms with Gasteiger partial charge in [0.15, 0.2) is 6.10 Å². The lowest BCUT2D eigenvalue weighted by Gasteiger charge is -2.11. The normalized spacial score (nSPS) is 14.9. The minimum atomic E-state index is -1.58. The van der Waals surface area contributed by atoms with Crippen LogP contribution in [0.25, 0.3) is 0 Å². The molecule has 0 aromatic carbocycles. The summed E-state index contributed by atoms with van der Waals surface area (Å²) in [7, 11) is 0. The number of carboxylic acids is 1. The Morgan fingerprint density at radius 2 is 1.92 bits per heavy atom. The Bertz CT molecular complexity index is 179. The van der Waals surface area contributed by atoms with E-state index in [1.165, 1.54) is 6.92 Å². The van der Waals surface area contributed by atoms with Crippen molar-refractivity contribution in [1.29, 1.82) is 0 Å². The van der Waals surface area contributed by atoms with E-state index in [2.05, 4.69) is 0 Å². The van der Waals surface area contributed by atoms with Crippen LogP contribution in [0.15, 0.2) is 0 Å². The summed E-state index contributed by atoms with van der Waals surface area (Å²) in [5.41, 5.74) is 0. The van der Waals surface area contributed by atoms with Gasteiger partial charge in [-0.3, -0.25) is 9.59 Å². The highest BCUT2D eigenvalue weighted by molar-refractivity contribution is 5.84. The summed E-state index contributed by atoms with van der Waals surface area (Å²) < 4.78 is 0. The Morgan fingerprint density at radius 3 is 2.25 bits per heavy atom. The van der Waals surface area contributed by atoms with E-state index in [1.807, 2.05) is 5.32 Å². The summed E-state index contributed by atoms with van der Waals surface area (Å²) in [6.07, 6.45) is -2.79. The van der Waals surface area contributed by atoms with Gasteiger partial charge in [-0.25, -0.2) is 0 Å². The number of amides is 1. The van der Waals surface area contributed by atoms with Gasteiger partial charge in [-0.05, 0) is 6.92 Å². The molecule has 0 fully saturated rings. The van der Waals surface area contributed by atoms with Gasteiger partial charge in [-0.1, -0.05) is 0 Å². The SMILES string of the molecule is C[C@H](O)C(O)C(=O)NCC(=O)O. The van der Waals surface area contributed by atoms with Gasteiger partial charge in [-0.2, -0.15) is 0 Å². The number of nitrogens with one attached hydrogen (secondary N) is 1. The molecule has 0 heterocycles. The smallest absolute Gasteiger partial charge is 0.322 e. The van der Waals surface area contributed by atoms with E-state index in [9.17, 15) is 9.59 Å². The largest absolute Gasteiger partial charge is 0.480 e. The highest BCUT2D eigenvalue weighted by Gasteiger charge is 2.20. The molecule has 0 aliphatic heterocycles. The van der Waals surface area contributed by atoms with E-state index in [-0.39, 0.29) is 0 Å². The number of aliphatic hydroxyl groups excluding tert-OH is 2. The van der Waals surface area contributed by atoms with Crippen LogP contribution >= 0.6 is 0 Å². The van der Waals surface area contributed by atoms with E-state index >= 15 is 0 Å². The van der Waals surface area contributed by atoms with Crippen LogP contribution in [0.2, 0.25) is 0 Å². The summed E-state index contributed by atoms with van der Waals surface area (Å²) >= 11 is 0. The standard InChI is InChI=1S/C6H11NO5/c1-3(8)5(11)6(12)7-2-4(9)10/h3,5,8,11H,2H2,1H3,(H,7,12)(H,9,10)/t3-,5?/m0/s1. The molecular formula is C6H11NO5. The number of carbonyl (C=O) groups excluding carboxylic acids is 1. The van der Waals surface area contributed by atoms with Gasteiger partial charge in [0.25, 0.3) is 5.91 Å². The Morgan fingerprint density at radius 1 is 1.42 bits per heavy atom. The summed E-state index contributed by atoms with van der Waals surface area (Å²) in [4.78, 5) is 20.6. The first-order chi connectivity index (χ1) is 5.45. The molecule has 0 aliphatic carbocycles. The second kappa shape index (κ2) is 4.68. The predicted octanol–water partition coefficient (Wildman–Crippen LogP) is -2.07. The zero-order valence-electron chi connectivity index (χ0n) is 6.52. The van der Waals surface area contributed by atoms with E-state index in [0.29, 0.717) is 0 Å². The fraction of sp³-hybridized carbons (Fsp3) is 0.667. The Hall–Kier alpha value is -1.14. The highest BCUT2D eigenvalue weighted by Crippen LogP contribution is 1.90. The molecule has 12 heavy (non-hydrogen) atoms. The molecule has 2 atom stereocenters. The van der Waals surface area contributed by atoms with Gasteiger partial charge < -0.3 is 20.6 Å². The average molecular weight is 177 g/mol. The van der Waals surface area contributed by atoms with Crippen molar-refractivity contribution in [2.75, 3.05) is 6.54 Å². The number of hydrogen-bond acceptors (Lipinski definition) is 4. The molecule has 6 heteroatoms. The van der Waals surface area contributed by atoms with Crippen LogP contribution in [0.3, 0.4) is 0 Å². The van der Waals surface area contributed by atoms with Crippen molar-refractivity contribution in [3.8, 4) is 0 Å². The first kappa shape index (κ1) is 10.9. The van der Waals surface area contributed by atoms with Crippen LogP contribution in [0.5, 0.6) is 0 Å². The number of carbonyl (C=O) groups is 2. The van der Waals surface area contributed by atoms with Gasteiger partial charge in [0.1, 0.15) is 6.54 Å². The third kappa shape index (κ3) is 3.89. The van der Waals surface area contributed by atoms with Crippen molar-refractivity contribution < 1.29 is 24.9 Å². The summed E-state index contributed by atoms with van der Waals surface area (Å²) in [6, 6.07) is 0. The minimum absolute atomic E-state index is 0.567. The lowest BCUT2D eigenvalue weighted by atomic mass is 10.2. The summed E-state index contributed by atoms with van der Waals surface area (Å²) in [6.45, 7) is 0.660. The van der Waals surface area contributed by atoms with Gasteiger partial charge in [0.2, 0.25) is 0 Å². The summed E-state index contributed by atoms with van der Waals surface area (Å²) in [5, 5.41) is 27.6. The first-order valence-electron chi connectivity index (χ1n) is 3.30. The molecule has 0 saturated heterocycles. The Labute approximate surface area is 68.8 Å².